The highest BCUT2D eigenvalue weighted by Gasteiger charge is 2.58. The van der Waals surface area contributed by atoms with Crippen molar-refractivity contribution in [2.75, 3.05) is 38.6 Å². The Labute approximate surface area is 245 Å². The topological polar surface area (TPSA) is 245 Å². The molecule has 0 saturated carbocycles. The van der Waals surface area contributed by atoms with Gasteiger partial charge in [-0.15, -0.1) is 15.6 Å². The molecule has 17 nitrogen and oxygen atoms in total. The van der Waals surface area contributed by atoms with E-state index in [9.17, 15) is 18.0 Å². The molecule has 3 heterocycles. The van der Waals surface area contributed by atoms with Crippen molar-refractivity contribution in [1.29, 1.82) is 0 Å². The van der Waals surface area contributed by atoms with Crippen molar-refractivity contribution < 1.29 is 36.4 Å². The van der Waals surface area contributed by atoms with Gasteiger partial charge in [-0.1, -0.05) is 17.3 Å². The van der Waals surface area contributed by atoms with Crippen LogP contribution in [0.4, 0.5) is 5.13 Å². The van der Waals surface area contributed by atoms with Crippen LogP contribution in [0.3, 0.4) is 0 Å². The van der Waals surface area contributed by atoms with Gasteiger partial charge in [-0.25, -0.2) is 4.98 Å². The molecule has 4 rings (SSSR count). The van der Waals surface area contributed by atoms with E-state index in [1.807, 2.05) is 12.1 Å². The number of rotatable bonds is 13. The fourth-order valence-electron chi connectivity index (χ4n) is 3.98. The Bertz CT molecular complexity index is 1460. The van der Waals surface area contributed by atoms with E-state index in [2.05, 4.69) is 35.4 Å². The number of carbonyl (C=O) groups is 2. The normalized spacial score (nSPS) is 18.9. The Morgan fingerprint density at radius 1 is 1.33 bits per heavy atom. The summed E-state index contributed by atoms with van der Waals surface area (Å²) in [4.78, 5) is 39.0. The van der Waals surface area contributed by atoms with Gasteiger partial charge in [0.2, 0.25) is 0 Å². The number of aromatic nitrogens is 1. The predicted molar refractivity (Wildman–Crippen MR) is 152 cm³/mol. The molecule has 42 heavy (non-hydrogen) atoms. The minimum atomic E-state index is -4.95. The quantitative estimate of drug-likeness (QED) is 0.0510. The number of nitrogens with zero attached hydrogens (tertiary/aromatic N) is 4. The number of β-lactam (4-membered cyclic amide) rings is 1. The second kappa shape index (κ2) is 12.9. The monoisotopic (exact) mass is 625 g/mol. The summed E-state index contributed by atoms with van der Waals surface area (Å²) in [5, 5.41) is 14.7. The van der Waals surface area contributed by atoms with Gasteiger partial charge in [-0.2, -0.15) is 13.5 Å². The molecule has 2 amide bonds. The molecule has 0 radical (unpaired) electrons. The molecule has 2 aliphatic heterocycles. The number of nitrogens with two attached hydrogens (primary N) is 2. The van der Waals surface area contributed by atoms with E-state index in [1.54, 1.807) is 12.1 Å². The smallest absolute Gasteiger partial charge is 0.418 e. The average molecular weight is 626 g/mol. The standard InChI is InChI=1S/C23H31N9O8S2/c1-23(2)18(20(34)32(23)40-42(35,36)37)30-19(33)17(16-12-41-21(25)29-16)31-39-10-9-38-14-5-3-13(4-6-14)15(24)11-28-22-26-7-8-27-22/h3-6,12,15,18H,7-11,24H2,1-2H3,(H2,25,29)(H,30,33)(H2,26,27,28)(H,35,36,37)/b31-17-/t15?,18-/m1/s1. The Kier molecular flexibility index (Phi) is 9.46. The molecule has 228 valence electrons. The molecule has 1 fully saturated rings. The van der Waals surface area contributed by atoms with Crippen molar-refractivity contribution in [2.24, 2.45) is 15.9 Å². The van der Waals surface area contributed by atoms with E-state index in [-0.39, 0.29) is 35.8 Å². The number of amides is 2. The molecule has 19 heteroatoms. The van der Waals surface area contributed by atoms with Crippen molar-refractivity contribution in [3.8, 4) is 5.75 Å². The first kappa shape index (κ1) is 30.9. The molecule has 8 N–H and O–H groups in total. The largest absolute Gasteiger partial charge is 0.490 e. The third-order valence-electron chi connectivity index (χ3n) is 6.17. The summed E-state index contributed by atoms with van der Waals surface area (Å²) in [7, 11) is -4.95. The lowest BCUT2D eigenvalue weighted by Gasteiger charge is -2.50. The van der Waals surface area contributed by atoms with Crippen molar-refractivity contribution >= 4 is 50.4 Å². The van der Waals surface area contributed by atoms with E-state index in [1.165, 1.54) is 19.2 Å². The maximum absolute atomic E-state index is 13.0. The number of carbonyl (C=O) groups excluding carboxylic acids is 2. The van der Waals surface area contributed by atoms with Crippen LogP contribution in [0.2, 0.25) is 0 Å². The average Bonchev–Trinajstić information content (AvgIpc) is 3.62. The maximum Gasteiger partial charge on any atom is 0.418 e. The Morgan fingerprint density at radius 2 is 2.07 bits per heavy atom. The predicted octanol–water partition coefficient (Wildman–Crippen LogP) is -1.09. The van der Waals surface area contributed by atoms with Crippen LogP contribution in [-0.2, 0) is 29.1 Å². The van der Waals surface area contributed by atoms with E-state index in [0.717, 1.165) is 35.9 Å². The number of nitrogen functional groups attached to an aromatic ring is 1. The Morgan fingerprint density at radius 3 is 2.67 bits per heavy atom. The van der Waals surface area contributed by atoms with Crippen LogP contribution in [0.5, 0.6) is 5.75 Å². The second-order valence-electron chi connectivity index (χ2n) is 9.60. The van der Waals surface area contributed by atoms with Crippen LogP contribution in [0.15, 0.2) is 39.8 Å². The van der Waals surface area contributed by atoms with Crippen LogP contribution >= 0.6 is 11.3 Å². The number of thiazole rings is 1. The summed E-state index contributed by atoms with van der Waals surface area (Å²) in [6.07, 6.45) is 0. The molecular formula is C23H31N9O8S2. The summed E-state index contributed by atoms with van der Waals surface area (Å²) >= 11 is 1.06. The Hall–Kier alpha value is -4.04. The van der Waals surface area contributed by atoms with Gasteiger partial charge in [0.25, 0.3) is 11.8 Å². The summed E-state index contributed by atoms with van der Waals surface area (Å²) < 4.78 is 40.9. The maximum atomic E-state index is 13.0. The minimum Gasteiger partial charge on any atom is -0.490 e. The molecule has 0 bridgehead atoms. The number of hydroxylamine groups is 2. The second-order valence-corrected chi connectivity index (χ2v) is 11.5. The van der Waals surface area contributed by atoms with Crippen LogP contribution < -0.4 is 32.2 Å². The molecule has 2 atom stereocenters. The molecular weight excluding hydrogens is 594 g/mol. The first-order valence-corrected chi connectivity index (χ1v) is 14.8. The van der Waals surface area contributed by atoms with Gasteiger partial charge in [0.15, 0.2) is 23.4 Å². The molecule has 1 aromatic heterocycles. The third-order valence-corrected chi connectivity index (χ3v) is 7.18. The van der Waals surface area contributed by atoms with Gasteiger partial charge in [0, 0.05) is 24.5 Å². The number of benzene rings is 1. The lowest BCUT2D eigenvalue weighted by atomic mass is 9.84. The molecule has 2 aliphatic rings. The number of hydrogen-bond acceptors (Lipinski definition) is 15. The molecule has 1 unspecified atom stereocenters. The molecule has 1 saturated heterocycles. The molecule has 0 aliphatic carbocycles. The van der Waals surface area contributed by atoms with Gasteiger partial charge in [0.05, 0.1) is 12.1 Å². The summed E-state index contributed by atoms with van der Waals surface area (Å²) in [5.41, 5.74) is 11.4. The first-order valence-electron chi connectivity index (χ1n) is 12.6. The molecule has 0 spiro atoms. The molecule has 1 aromatic carbocycles. The number of ether oxygens (including phenoxy) is 1. The zero-order valence-corrected chi connectivity index (χ0v) is 24.3. The number of nitrogens with one attached hydrogen (secondary N) is 3. The van der Waals surface area contributed by atoms with Crippen LogP contribution in [0.1, 0.15) is 31.1 Å². The highest BCUT2D eigenvalue weighted by molar-refractivity contribution is 7.80. The summed E-state index contributed by atoms with van der Waals surface area (Å²) in [5.74, 6) is -0.428. The van der Waals surface area contributed by atoms with Gasteiger partial charge < -0.3 is 37.0 Å². The van der Waals surface area contributed by atoms with Crippen LogP contribution in [0, 0.1) is 0 Å². The van der Waals surface area contributed by atoms with Crippen molar-refractivity contribution in [1.82, 2.24) is 26.0 Å². The third kappa shape index (κ3) is 7.62. The van der Waals surface area contributed by atoms with Gasteiger partial charge in [-0.3, -0.25) is 19.1 Å². The highest BCUT2D eigenvalue weighted by atomic mass is 32.3. The SMILES string of the molecule is CC1(C)[C@H](NC(=O)/C(=N\OCCOc2ccc(C(N)CNC3=NCCN3)cc2)c2csc(N)n2)C(=O)N1OS(=O)(=O)O. The minimum absolute atomic E-state index is 0.0411. The lowest BCUT2D eigenvalue weighted by molar-refractivity contribution is -0.218. The van der Waals surface area contributed by atoms with Crippen LogP contribution in [-0.4, -0.2) is 90.9 Å². The Balaban J connectivity index is 1.30. The van der Waals surface area contributed by atoms with Gasteiger partial charge in [0.1, 0.15) is 24.1 Å². The number of guanidine groups is 1. The highest BCUT2D eigenvalue weighted by Crippen LogP contribution is 2.33. The first-order chi connectivity index (χ1) is 19.8. The summed E-state index contributed by atoms with van der Waals surface area (Å²) in [6, 6.07) is 5.80. The van der Waals surface area contributed by atoms with Crippen molar-refractivity contribution in [2.45, 2.75) is 31.5 Å². The number of oxime groups is 1. The lowest BCUT2D eigenvalue weighted by Crippen LogP contribution is -2.76. The van der Waals surface area contributed by atoms with E-state index < -0.39 is 33.8 Å². The summed E-state index contributed by atoms with van der Waals surface area (Å²) in [6.45, 7) is 4.97. The molecule has 2 aromatic rings. The zero-order valence-electron chi connectivity index (χ0n) is 22.6. The van der Waals surface area contributed by atoms with E-state index in [4.69, 9.17) is 25.6 Å². The fraction of sp³-hybridized carbons (Fsp3) is 0.435. The number of anilines is 1. The van der Waals surface area contributed by atoms with Crippen molar-refractivity contribution in [3.05, 3.63) is 40.9 Å². The van der Waals surface area contributed by atoms with E-state index >= 15 is 0 Å². The van der Waals surface area contributed by atoms with Gasteiger partial charge >= 0.3 is 10.4 Å². The van der Waals surface area contributed by atoms with E-state index in [0.29, 0.717) is 17.4 Å². The van der Waals surface area contributed by atoms with Gasteiger partial charge in [-0.05, 0) is 31.5 Å². The number of aliphatic imine (C=N–C) groups is 1. The fourth-order valence-corrected chi connectivity index (χ4v) is 4.98. The van der Waals surface area contributed by atoms with Crippen LogP contribution in [0.25, 0.3) is 0 Å². The zero-order chi connectivity index (χ0) is 30.5. The van der Waals surface area contributed by atoms with Crippen molar-refractivity contribution in [3.63, 3.8) is 0 Å². The number of hydrogen-bond donors (Lipinski definition) is 6.